The Morgan fingerprint density at radius 1 is 0.804 bits per heavy atom. The van der Waals surface area contributed by atoms with Crippen molar-refractivity contribution in [1.29, 1.82) is 0 Å². The number of piperazine rings is 1. The van der Waals surface area contributed by atoms with E-state index in [9.17, 15) is 9.59 Å². The van der Waals surface area contributed by atoms with Crippen LogP contribution < -0.4 is 5.32 Å². The normalized spacial score (nSPS) is 16.6. The van der Waals surface area contributed by atoms with Gasteiger partial charge in [0.2, 0.25) is 5.91 Å². The molecule has 0 saturated carbocycles. The number of carbonyl (C=O) groups excluding carboxylic acids is 2. The summed E-state index contributed by atoms with van der Waals surface area (Å²) < 4.78 is 6.95. The third-order valence-electron chi connectivity index (χ3n) is 10.3. The largest absolute Gasteiger partial charge is 0.445 e. The summed E-state index contributed by atoms with van der Waals surface area (Å²) in [6, 6.07) is 34.3. The second kappa shape index (κ2) is 16.9. The van der Waals surface area contributed by atoms with E-state index in [0.717, 1.165) is 69.1 Å². The average Bonchev–Trinajstić information content (AvgIpc) is 3.67. The number of alkyl carbamates (subject to hydrolysis) is 1. The molecule has 2 amide bonds. The molecule has 2 aliphatic rings. The van der Waals surface area contributed by atoms with Crippen molar-refractivity contribution in [3.05, 3.63) is 130 Å². The predicted molar refractivity (Wildman–Crippen MR) is 207 cm³/mol. The van der Waals surface area contributed by atoms with Crippen LogP contribution in [0.1, 0.15) is 29.5 Å². The number of halogens is 1. The number of hydrogen-bond acceptors (Lipinski definition) is 6. The van der Waals surface area contributed by atoms with Crippen LogP contribution in [0.5, 0.6) is 0 Å². The smallest absolute Gasteiger partial charge is 0.408 e. The molecule has 264 valence electrons. The zero-order valence-electron chi connectivity index (χ0n) is 28.9. The number of rotatable bonds is 11. The van der Waals surface area contributed by atoms with E-state index in [-0.39, 0.29) is 18.4 Å². The van der Waals surface area contributed by atoms with Gasteiger partial charge in [-0.3, -0.25) is 9.69 Å². The molecule has 0 aliphatic carbocycles. The summed E-state index contributed by atoms with van der Waals surface area (Å²) in [7, 11) is 0. The van der Waals surface area contributed by atoms with Crippen molar-refractivity contribution in [1.82, 2.24) is 20.0 Å². The molecule has 0 unspecified atom stereocenters. The first-order valence-corrected chi connectivity index (χ1v) is 19.3. The van der Waals surface area contributed by atoms with E-state index in [0.29, 0.717) is 13.1 Å². The maximum absolute atomic E-state index is 14.2. The lowest BCUT2D eigenvalue weighted by molar-refractivity contribution is -0.137. The lowest BCUT2D eigenvalue weighted by Crippen LogP contribution is -2.58. The Labute approximate surface area is 309 Å². The second-order valence-corrected chi connectivity index (χ2v) is 15.0. The van der Waals surface area contributed by atoms with Crippen LogP contribution in [0.2, 0.25) is 5.02 Å². The molecular weight excluding hydrogens is 676 g/mol. The molecule has 1 atom stereocenters. The van der Waals surface area contributed by atoms with Crippen LogP contribution in [0, 0.1) is 5.92 Å². The number of nitrogens with zero attached hydrogens (tertiary/aromatic N) is 3. The van der Waals surface area contributed by atoms with Gasteiger partial charge in [-0.05, 0) is 95.1 Å². The van der Waals surface area contributed by atoms with E-state index < -0.39 is 12.1 Å². The van der Waals surface area contributed by atoms with Crippen LogP contribution in [0.3, 0.4) is 0 Å². The molecule has 0 spiro atoms. The van der Waals surface area contributed by atoms with E-state index in [2.05, 4.69) is 81.2 Å². The number of thiophene rings is 1. The number of benzene rings is 4. The van der Waals surface area contributed by atoms with Gasteiger partial charge in [-0.15, -0.1) is 11.3 Å². The highest BCUT2D eigenvalue weighted by atomic mass is 35.5. The quantitative estimate of drug-likeness (QED) is 0.149. The summed E-state index contributed by atoms with van der Waals surface area (Å²) >= 11 is 8.22. The Morgan fingerprint density at radius 2 is 1.55 bits per heavy atom. The second-order valence-electron chi connectivity index (χ2n) is 13.6. The number of likely N-dealkylation sites (tertiary alicyclic amines) is 1. The molecule has 0 bridgehead atoms. The summed E-state index contributed by atoms with van der Waals surface area (Å²) in [6.45, 7) is 6.52. The van der Waals surface area contributed by atoms with Crippen molar-refractivity contribution in [2.75, 3.05) is 45.8 Å². The minimum Gasteiger partial charge on any atom is -0.445 e. The molecule has 5 aromatic rings. The topological polar surface area (TPSA) is 65.1 Å². The SMILES string of the molecule is O=C(N[C@@H](C(=O)N1CCN(Cc2cccc3ccsc23)CC1)C1CCN(CCc2cc(Cl)ccc2-c2ccccc2)CC1)OCc1ccccc1. The summed E-state index contributed by atoms with van der Waals surface area (Å²) in [6.07, 6.45) is 1.98. The highest BCUT2D eigenvalue weighted by Gasteiger charge is 2.36. The molecule has 51 heavy (non-hydrogen) atoms. The van der Waals surface area contributed by atoms with Crippen molar-refractivity contribution in [3.63, 3.8) is 0 Å². The maximum atomic E-state index is 14.2. The highest BCUT2D eigenvalue weighted by Crippen LogP contribution is 2.29. The van der Waals surface area contributed by atoms with Gasteiger partial charge in [0.25, 0.3) is 0 Å². The molecule has 9 heteroatoms. The third-order valence-corrected chi connectivity index (χ3v) is 11.6. The molecular formula is C42H45ClN4O3S. The zero-order chi connectivity index (χ0) is 35.0. The molecule has 0 radical (unpaired) electrons. The van der Waals surface area contributed by atoms with Crippen molar-refractivity contribution in [2.24, 2.45) is 5.92 Å². The minimum atomic E-state index is -0.626. The Kier molecular flexibility index (Phi) is 11.6. The first-order chi connectivity index (χ1) is 25.0. The fourth-order valence-electron chi connectivity index (χ4n) is 7.47. The summed E-state index contributed by atoms with van der Waals surface area (Å²) in [5.74, 6) is 0.0232. The van der Waals surface area contributed by atoms with Gasteiger partial charge in [-0.25, -0.2) is 4.79 Å². The van der Waals surface area contributed by atoms with Crippen LogP contribution >= 0.6 is 22.9 Å². The van der Waals surface area contributed by atoms with Crippen molar-refractivity contribution in [2.45, 2.75) is 38.5 Å². The van der Waals surface area contributed by atoms with Gasteiger partial charge < -0.3 is 19.9 Å². The molecule has 1 aromatic heterocycles. The standard InChI is InChI=1S/C42H45ClN4O3S/c43-37-14-15-38(32-10-5-2-6-11-32)35(28-37)18-22-45-20-16-33(17-21-45)39(44-42(49)50-30-31-8-3-1-4-9-31)41(48)47-25-23-46(24-26-47)29-36-13-7-12-34-19-27-51-40(34)36/h1-15,19,27-28,33,39H,16-18,20-26,29-30H2,(H,44,49)/t39-/m1/s1. The molecule has 1 N–H and O–H groups in total. The average molecular weight is 721 g/mol. The summed E-state index contributed by atoms with van der Waals surface area (Å²) in [5, 5.41) is 7.21. The molecule has 7 rings (SSSR count). The van der Waals surface area contributed by atoms with Gasteiger partial charge in [0.1, 0.15) is 12.6 Å². The third kappa shape index (κ3) is 9.00. The number of ether oxygens (including phenoxy) is 1. The number of hydrogen-bond donors (Lipinski definition) is 1. The van der Waals surface area contributed by atoms with Gasteiger partial charge in [-0.2, -0.15) is 0 Å². The van der Waals surface area contributed by atoms with E-state index in [4.69, 9.17) is 16.3 Å². The van der Waals surface area contributed by atoms with Gasteiger partial charge in [0.15, 0.2) is 0 Å². The predicted octanol–water partition coefficient (Wildman–Crippen LogP) is 8.12. The van der Waals surface area contributed by atoms with Crippen molar-refractivity contribution < 1.29 is 14.3 Å². The summed E-state index contributed by atoms with van der Waals surface area (Å²) in [5.41, 5.74) is 5.88. The van der Waals surface area contributed by atoms with Crippen LogP contribution in [-0.4, -0.2) is 78.6 Å². The molecule has 4 aromatic carbocycles. The van der Waals surface area contributed by atoms with Gasteiger partial charge >= 0.3 is 6.09 Å². The fraction of sp³-hybridized carbons (Fsp3) is 0.333. The molecule has 2 saturated heterocycles. The van der Waals surface area contributed by atoms with Gasteiger partial charge in [-0.1, -0.05) is 96.5 Å². The maximum Gasteiger partial charge on any atom is 0.408 e. The monoisotopic (exact) mass is 720 g/mol. The van der Waals surface area contributed by atoms with E-state index in [1.807, 2.05) is 47.4 Å². The van der Waals surface area contributed by atoms with Crippen molar-refractivity contribution in [3.8, 4) is 11.1 Å². The first-order valence-electron chi connectivity index (χ1n) is 18.0. The van der Waals surface area contributed by atoms with Crippen LogP contribution in [0.4, 0.5) is 4.79 Å². The number of fused-ring (bicyclic) bond motifs is 1. The highest BCUT2D eigenvalue weighted by molar-refractivity contribution is 7.17. The zero-order valence-corrected chi connectivity index (χ0v) is 30.5. The first kappa shape index (κ1) is 35.2. The van der Waals surface area contributed by atoms with Gasteiger partial charge in [0, 0.05) is 49.0 Å². The Bertz CT molecular complexity index is 1900. The molecule has 2 aliphatic heterocycles. The van der Waals surface area contributed by atoms with Crippen molar-refractivity contribution >= 4 is 45.0 Å². The van der Waals surface area contributed by atoms with E-state index in [1.165, 1.54) is 32.3 Å². The molecule has 7 nitrogen and oxygen atoms in total. The number of nitrogens with one attached hydrogen (secondary N) is 1. The lowest BCUT2D eigenvalue weighted by atomic mass is 9.88. The minimum absolute atomic E-state index is 0.00319. The summed E-state index contributed by atoms with van der Waals surface area (Å²) in [4.78, 5) is 34.2. The Hall–Kier alpha value is -4.21. The van der Waals surface area contributed by atoms with Crippen LogP contribution in [0.25, 0.3) is 21.2 Å². The molecule has 3 heterocycles. The van der Waals surface area contributed by atoms with Crippen LogP contribution in [0.15, 0.2) is 109 Å². The van der Waals surface area contributed by atoms with E-state index in [1.54, 1.807) is 11.3 Å². The molecule has 2 fully saturated rings. The Morgan fingerprint density at radius 3 is 2.31 bits per heavy atom. The van der Waals surface area contributed by atoms with E-state index >= 15 is 0 Å². The van der Waals surface area contributed by atoms with Crippen LogP contribution in [-0.2, 0) is 29.1 Å². The number of carbonyl (C=O) groups is 2. The van der Waals surface area contributed by atoms with Gasteiger partial charge in [0.05, 0.1) is 0 Å². The Balaban J connectivity index is 0.975. The number of piperidine rings is 1. The fourth-order valence-corrected chi connectivity index (χ4v) is 8.57. The lowest BCUT2D eigenvalue weighted by Gasteiger charge is -2.40. The number of amides is 2.